The van der Waals surface area contributed by atoms with Crippen LogP contribution in [0.5, 0.6) is 17.2 Å². The van der Waals surface area contributed by atoms with Crippen molar-refractivity contribution >= 4 is 29.2 Å². The molecule has 1 atom stereocenters. The van der Waals surface area contributed by atoms with Gasteiger partial charge in [0.05, 0.1) is 5.69 Å². The van der Waals surface area contributed by atoms with Crippen molar-refractivity contribution in [2.24, 2.45) is 0 Å². The van der Waals surface area contributed by atoms with Gasteiger partial charge in [-0.3, -0.25) is 4.79 Å². The number of phenolic OH excluding ortho intramolecular Hbond substituents is 1. The van der Waals surface area contributed by atoms with E-state index >= 15 is 0 Å². The number of phenols is 1. The number of carbonyl (C=O) groups excluding carboxylic acids is 2. The largest absolute Gasteiger partial charge is 0.508 e. The molecule has 1 amide bonds. The molecule has 0 aliphatic carbocycles. The van der Waals surface area contributed by atoms with E-state index in [1.807, 2.05) is 18.2 Å². The normalized spacial score (nSPS) is 17.6. The lowest BCUT2D eigenvalue weighted by molar-refractivity contribution is -0.199. The number of anilines is 1. The first-order valence-electron chi connectivity index (χ1n) is 12.3. The predicted molar refractivity (Wildman–Crippen MR) is 134 cm³/mol. The van der Waals surface area contributed by atoms with Crippen LogP contribution in [0, 0.1) is 0 Å². The number of nitrogens with zero attached hydrogens (tertiary/aromatic N) is 1. The van der Waals surface area contributed by atoms with Crippen LogP contribution in [0.15, 0.2) is 36.4 Å². The van der Waals surface area contributed by atoms with Crippen molar-refractivity contribution in [1.82, 2.24) is 4.90 Å². The zero-order valence-corrected chi connectivity index (χ0v) is 21.6. The number of likely N-dealkylation sites (tertiary alicyclic amines) is 1. The van der Waals surface area contributed by atoms with E-state index in [2.05, 4.69) is 15.0 Å². The van der Waals surface area contributed by atoms with Crippen LogP contribution in [-0.2, 0) is 20.7 Å². The number of nitrogens with one attached hydrogen (secondary N) is 1. The summed E-state index contributed by atoms with van der Waals surface area (Å²) in [5.41, 5.74) is 0.874. The quantitative estimate of drug-likeness (QED) is 0.324. The van der Waals surface area contributed by atoms with Crippen LogP contribution in [0.1, 0.15) is 24.8 Å². The second kappa shape index (κ2) is 11.9. The Balaban J connectivity index is 1.25. The lowest BCUT2D eigenvalue weighted by atomic mass is 9.83. The fraction of sp³-hybridized carbons (Fsp3) is 0.462. The van der Waals surface area contributed by atoms with Crippen LogP contribution in [0.25, 0.3) is 0 Å². The molecule has 1 fully saturated rings. The number of ether oxygens (including phenoxy) is 3. The maximum absolute atomic E-state index is 12.2. The van der Waals surface area contributed by atoms with Gasteiger partial charge in [0, 0.05) is 30.7 Å². The molecule has 39 heavy (non-hydrogen) atoms. The highest BCUT2D eigenvalue weighted by Gasteiger charge is 2.41. The number of halogens is 4. The fourth-order valence-electron chi connectivity index (χ4n) is 4.65. The molecule has 2 heterocycles. The van der Waals surface area contributed by atoms with Crippen molar-refractivity contribution in [2.75, 3.05) is 38.2 Å². The number of amides is 1. The Kier molecular flexibility index (Phi) is 8.77. The molecule has 2 aromatic rings. The maximum Gasteiger partial charge on any atom is 0.490 e. The molecule has 212 valence electrons. The lowest BCUT2D eigenvalue weighted by Gasteiger charge is -2.45. The molecule has 1 spiro atoms. The van der Waals surface area contributed by atoms with Gasteiger partial charge in [-0.05, 0) is 61.6 Å². The van der Waals surface area contributed by atoms with Gasteiger partial charge in [-0.2, -0.15) is 13.2 Å². The van der Waals surface area contributed by atoms with Crippen molar-refractivity contribution in [2.45, 2.75) is 43.6 Å². The minimum absolute atomic E-state index is 0.0171. The number of hydrogen-bond acceptors (Lipinski definition) is 8. The van der Waals surface area contributed by atoms with Crippen LogP contribution in [0.3, 0.4) is 0 Å². The van der Waals surface area contributed by atoms with Gasteiger partial charge in [0.15, 0.2) is 6.61 Å². The van der Waals surface area contributed by atoms with Crippen LogP contribution < -0.4 is 14.8 Å². The third-order valence-corrected chi connectivity index (χ3v) is 6.91. The van der Waals surface area contributed by atoms with Crippen molar-refractivity contribution < 1.29 is 47.2 Å². The zero-order chi connectivity index (χ0) is 28.2. The standard InChI is InChI=1S/C26H28ClF3N2O7/c27-17-1-4-21-16(11-17)5-6-25(39-21)7-9-32(10-8-25)13-19(34)14-37-22-12-18(33)2-3-20(22)31-23(35)15-38-24(36)26(28,29)30/h1-4,11-12,19,33-34H,5-10,13-15H2,(H,31,35)/t19-/m1/s1. The van der Waals surface area contributed by atoms with Gasteiger partial charge in [0.1, 0.15) is 35.6 Å². The number of benzene rings is 2. The third kappa shape index (κ3) is 7.68. The van der Waals surface area contributed by atoms with Gasteiger partial charge in [-0.1, -0.05) is 11.6 Å². The number of aryl methyl sites for hydroxylation is 1. The number of β-amino-alcohol motifs (C(OH)–C–C–N with tert-alkyl or cyclic N) is 1. The number of fused-ring (bicyclic) bond motifs is 1. The van der Waals surface area contributed by atoms with E-state index in [9.17, 15) is 33.0 Å². The maximum atomic E-state index is 12.2. The monoisotopic (exact) mass is 572 g/mol. The molecule has 0 saturated carbocycles. The highest BCUT2D eigenvalue weighted by Crippen LogP contribution is 2.40. The summed E-state index contributed by atoms with van der Waals surface area (Å²) in [5, 5.41) is 23.3. The van der Waals surface area contributed by atoms with Crippen LogP contribution in [-0.4, -0.2) is 77.7 Å². The highest BCUT2D eigenvalue weighted by molar-refractivity contribution is 6.30. The van der Waals surface area contributed by atoms with Crippen molar-refractivity contribution in [3.63, 3.8) is 0 Å². The summed E-state index contributed by atoms with van der Waals surface area (Å²) in [6, 6.07) is 9.32. The van der Waals surface area contributed by atoms with E-state index in [1.54, 1.807) is 0 Å². The molecule has 13 heteroatoms. The molecule has 4 rings (SSSR count). The molecule has 9 nitrogen and oxygen atoms in total. The van der Waals surface area contributed by atoms with Gasteiger partial charge < -0.3 is 34.6 Å². The molecular weight excluding hydrogens is 545 g/mol. The summed E-state index contributed by atoms with van der Waals surface area (Å²) in [6.45, 7) is 0.396. The molecule has 2 aliphatic rings. The number of piperidine rings is 1. The summed E-state index contributed by atoms with van der Waals surface area (Å²) in [4.78, 5) is 24.8. The second-order valence-electron chi connectivity index (χ2n) is 9.61. The average molecular weight is 573 g/mol. The molecule has 0 radical (unpaired) electrons. The minimum Gasteiger partial charge on any atom is -0.508 e. The molecule has 3 N–H and O–H groups in total. The Morgan fingerprint density at radius 1 is 1.15 bits per heavy atom. The molecule has 0 bridgehead atoms. The molecule has 0 unspecified atom stereocenters. The Labute approximate surface area is 227 Å². The van der Waals surface area contributed by atoms with Gasteiger partial charge in [0.2, 0.25) is 0 Å². The van der Waals surface area contributed by atoms with E-state index in [-0.39, 0.29) is 29.4 Å². The summed E-state index contributed by atoms with van der Waals surface area (Å²) >= 11 is 6.08. The summed E-state index contributed by atoms with van der Waals surface area (Å²) in [5.74, 6) is -2.88. The van der Waals surface area contributed by atoms with E-state index in [1.165, 1.54) is 18.2 Å². The third-order valence-electron chi connectivity index (χ3n) is 6.67. The zero-order valence-electron chi connectivity index (χ0n) is 20.8. The number of aromatic hydroxyl groups is 1. The van der Waals surface area contributed by atoms with Crippen LogP contribution >= 0.6 is 11.6 Å². The Morgan fingerprint density at radius 3 is 2.62 bits per heavy atom. The first-order chi connectivity index (χ1) is 18.4. The first kappa shape index (κ1) is 28.8. The minimum atomic E-state index is -5.22. The van der Waals surface area contributed by atoms with Crippen LogP contribution in [0.4, 0.5) is 18.9 Å². The average Bonchev–Trinajstić information content (AvgIpc) is 2.88. The van der Waals surface area contributed by atoms with Crippen molar-refractivity contribution in [3.05, 3.63) is 47.0 Å². The lowest BCUT2D eigenvalue weighted by Crippen LogP contribution is -2.51. The summed E-state index contributed by atoms with van der Waals surface area (Å²) in [7, 11) is 0. The predicted octanol–water partition coefficient (Wildman–Crippen LogP) is 3.69. The van der Waals surface area contributed by atoms with E-state index in [4.69, 9.17) is 21.1 Å². The van der Waals surface area contributed by atoms with Gasteiger partial charge >= 0.3 is 12.1 Å². The number of aliphatic hydroxyl groups is 1. The molecule has 1 saturated heterocycles. The topological polar surface area (TPSA) is 118 Å². The number of carbonyl (C=O) groups is 2. The second-order valence-corrected chi connectivity index (χ2v) is 10.0. The van der Waals surface area contributed by atoms with Gasteiger partial charge in [-0.15, -0.1) is 0 Å². The number of hydrogen-bond donors (Lipinski definition) is 3. The molecule has 0 aromatic heterocycles. The van der Waals surface area contributed by atoms with E-state index in [0.717, 1.165) is 37.0 Å². The van der Waals surface area contributed by atoms with Crippen molar-refractivity contribution in [1.29, 1.82) is 0 Å². The molecular formula is C26H28ClF3N2O7. The Bertz CT molecular complexity index is 1200. The number of rotatable bonds is 8. The van der Waals surface area contributed by atoms with Gasteiger partial charge in [-0.25, -0.2) is 4.79 Å². The number of alkyl halides is 3. The summed E-state index contributed by atoms with van der Waals surface area (Å²) in [6.07, 6.45) is -2.76. The smallest absolute Gasteiger partial charge is 0.490 e. The number of esters is 1. The number of aliphatic hydroxyl groups excluding tert-OH is 1. The van der Waals surface area contributed by atoms with Crippen molar-refractivity contribution in [3.8, 4) is 17.2 Å². The van der Waals surface area contributed by atoms with E-state index < -0.39 is 30.8 Å². The first-order valence-corrected chi connectivity index (χ1v) is 12.7. The highest BCUT2D eigenvalue weighted by atomic mass is 35.5. The van der Waals surface area contributed by atoms with Gasteiger partial charge in [0.25, 0.3) is 5.91 Å². The van der Waals surface area contributed by atoms with E-state index in [0.29, 0.717) is 24.7 Å². The Hall–Kier alpha value is -3.22. The summed E-state index contributed by atoms with van der Waals surface area (Å²) < 4.78 is 52.6. The Morgan fingerprint density at radius 2 is 1.90 bits per heavy atom. The van der Waals surface area contributed by atoms with Crippen LogP contribution in [0.2, 0.25) is 5.02 Å². The SMILES string of the molecule is O=C(COC(=O)C(F)(F)F)Nc1ccc(O)cc1OC[C@H](O)CN1CCC2(CCc3cc(Cl)ccc3O2)CC1. The fourth-order valence-corrected chi connectivity index (χ4v) is 4.85. The molecule has 2 aromatic carbocycles. The molecule has 2 aliphatic heterocycles.